The van der Waals surface area contributed by atoms with Crippen LogP contribution in [-0.4, -0.2) is 49.2 Å². The Morgan fingerprint density at radius 2 is 1.68 bits per heavy atom. The molecule has 12 heteroatoms. The molecule has 0 aliphatic carbocycles. The zero-order valence-electron chi connectivity index (χ0n) is 20.8. The van der Waals surface area contributed by atoms with Crippen molar-refractivity contribution in [2.75, 3.05) is 17.4 Å². The van der Waals surface area contributed by atoms with Crippen molar-refractivity contribution in [3.8, 4) is 0 Å². The topological polar surface area (TPSA) is 130 Å². The number of carbonyl (C=O) groups is 2. The summed E-state index contributed by atoms with van der Waals surface area (Å²) in [5, 5.41) is 14.1. The molecule has 0 saturated heterocycles. The van der Waals surface area contributed by atoms with Gasteiger partial charge in [-0.05, 0) is 49.7 Å². The lowest BCUT2D eigenvalue weighted by atomic mass is 10.1. The van der Waals surface area contributed by atoms with Gasteiger partial charge in [-0.15, -0.1) is 0 Å². The van der Waals surface area contributed by atoms with Crippen LogP contribution in [0.15, 0.2) is 88.2 Å². The number of sulfonamides is 1. The molecule has 0 spiro atoms. The Bertz CT molecular complexity index is 1400. The summed E-state index contributed by atoms with van der Waals surface area (Å²) in [6, 6.07) is 18.8. The van der Waals surface area contributed by atoms with E-state index >= 15 is 0 Å². The molecule has 0 aliphatic rings. The van der Waals surface area contributed by atoms with Crippen LogP contribution in [0, 0.1) is 10.1 Å². The van der Waals surface area contributed by atoms with Gasteiger partial charge in [0.25, 0.3) is 15.7 Å². The highest BCUT2D eigenvalue weighted by Crippen LogP contribution is 2.27. The van der Waals surface area contributed by atoms with Crippen molar-refractivity contribution in [3.05, 3.63) is 99.0 Å². The molecule has 0 unspecified atom stereocenters. The van der Waals surface area contributed by atoms with E-state index in [0.29, 0.717) is 6.54 Å². The monoisotopic (exact) mass is 602 g/mol. The molecule has 0 aliphatic heterocycles. The van der Waals surface area contributed by atoms with Gasteiger partial charge in [0.2, 0.25) is 11.8 Å². The molecule has 0 bridgehead atoms. The van der Waals surface area contributed by atoms with E-state index < -0.39 is 39.3 Å². The third-order valence-electron chi connectivity index (χ3n) is 5.72. The quantitative estimate of drug-likeness (QED) is 0.260. The molecular formula is C26H27BrN4O6S. The average Bonchev–Trinajstić information content (AvgIpc) is 2.91. The lowest BCUT2D eigenvalue weighted by Gasteiger charge is -2.32. The number of nitro benzene ring substituents is 1. The first-order valence-electron chi connectivity index (χ1n) is 11.7. The van der Waals surface area contributed by atoms with Gasteiger partial charge < -0.3 is 10.2 Å². The van der Waals surface area contributed by atoms with Crippen LogP contribution in [0.3, 0.4) is 0 Å². The molecule has 0 aromatic heterocycles. The van der Waals surface area contributed by atoms with E-state index in [1.807, 2.05) is 0 Å². The van der Waals surface area contributed by atoms with Crippen molar-refractivity contribution in [2.24, 2.45) is 0 Å². The van der Waals surface area contributed by atoms with Crippen molar-refractivity contribution >= 4 is 49.1 Å². The molecule has 0 saturated carbocycles. The Balaban J connectivity index is 2.05. The SMILES string of the molecule is CCNC(=O)[C@H](C)N(Cc1ccc(Br)cc1)C(=O)CN(c1cccc([N+](=O)[O-])c1)S(=O)(=O)c1ccccc1. The first kappa shape index (κ1) is 28.8. The highest BCUT2D eigenvalue weighted by Gasteiger charge is 2.33. The molecule has 10 nitrogen and oxygen atoms in total. The molecular weight excluding hydrogens is 576 g/mol. The molecule has 1 N–H and O–H groups in total. The Labute approximate surface area is 229 Å². The molecule has 3 rings (SSSR count). The third kappa shape index (κ3) is 6.95. The smallest absolute Gasteiger partial charge is 0.271 e. The maximum atomic E-state index is 13.7. The molecule has 0 radical (unpaired) electrons. The number of likely N-dealkylation sites (N-methyl/N-ethyl adjacent to an activating group) is 1. The van der Waals surface area contributed by atoms with Gasteiger partial charge in [0.15, 0.2) is 0 Å². The average molecular weight is 603 g/mol. The summed E-state index contributed by atoms with van der Waals surface area (Å²) in [4.78, 5) is 38.4. The summed E-state index contributed by atoms with van der Waals surface area (Å²) in [6.07, 6.45) is 0. The van der Waals surface area contributed by atoms with Crippen LogP contribution >= 0.6 is 15.9 Å². The minimum Gasteiger partial charge on any atom is -0.355 e. The normalized spacial score (nSPS) is 11.9. The molecule has 3 aromatic carbocycles. The molecule has 1 atom stereocenters. The highest BCUT2D eigenvalue weighted by atomic mass is 79.9. The van der Waals surface area contributed by atoms with Gasteiger partial charge in [-0.2, -0.15) is 0 Å². The fourth-order valence-electron chi connectivity index (χ4n) is 3.70. The van der Waals surface area contributed by atoms with Gasteiger partial charge in [0.05, 0.1) is 15.5 Å². The Morgan fingerprint density at radius 1 is 1.03 bits per heavy atom. The summed E-state index contributed by atoms with van der Waals surface area (Å²) in [6.45, 7) is 3.02. The fraction of sp³-hybridized carbons (Fsp3) is 0.231. The number of carbonyl (C=O) groups excluding carboxylic acids is 2. The molecule has 3 aromatic rings. The van der Waals surface area contributed by atoms with Crippen LogP contribution < -0.4 is 9.62 Å². The van der Waals surface area contributed by atoms with E-state index in [0.717, 1.165) is 20.4 Å². The summed E-state index contributed by atoms with van der Waals surface area (Å²) in [7, 11) is -4.30. The van der Waals surface area contributed by atoms with E-state index in [2.05, 4.69) is 21.2 Å². The van der Waals surface area contributed by atoms with Crippen LogP contribution in [0.2, 0.25) is 0 Å². The van der Waals surface area contributed by atoms with Crippen molar-refractivity contribution in [1.82, 2.24) is 10.2 Å². The van der Waals surface area contributed by atoms with Gasteiger partial charge in [0, 0.05) is 29.7 Å². The van der Waals surface area contributed by atoms with E-state index in [1.165, 1.54) is 47.4 Å². The number of nitrogens with one attached hydrogen (secondary N) is 1. The number of nitrogens with zero attached hydrogens (tertiary/aromatic N) is 3. The van der Waals surface area contributed by atoms with Crippen molar-refractivity contribution in [3.63, 3.8) is 0 Å². The number of hydrogen-bond acceptors (Lipinski definition) is 6. The summed E-state index contributed by atoms with van der Waals surface area (Å²) in [5.41, 5.74) is 0.349. The first-order valence-corrected chi connectivity index (χ1v) is 13.9. The molecule has 0 heterocycles. The number of amides is 2. The largest absolute Gasteiger partial charge is 0.355 e. The maximum Gasteiger partial charge on any atom is 0.271 e. The standard InChI is InChI=1S/C26H27BrN4O6S/c1-3-28-26(33)19(2)29(17-20-12-14-21(27)15-13-20)25(32)18-30(22-8-7-9-23(16-22)31(34)35)38(36,37)24-10-5-4-6-11-24/h4-16,19H,3,17-18H2,1-2H3,(H,28,33)/t19-/m0/s1. The van der Waals surface area contributed by atoms with Crippen molar-refractivity contribution < 1.29 is 22.9 Å². The number of nitro groups is 1. The van der Waals surface area contributed by atoms with Gasteiger partial charge in [-0.25, -0.2) is 8.42 Å². The first-order chi connectivity index (χ1) is 18.0. The number of halogens is 1. The van der Waals surface area contributed by atoms with E-state index in [1.54, 1.807) is 44.2 Å². The second-order valence-corrected chi connectivity index (χ2v) is 11.1. The lowest BCUT2D eigenvalue weighted by Crippen LogP contribution is -2.51. The number of rotatable bonds is 11. The van der Waals surface area contributed by atoms with Gasteiger partial charge >= 0.3 is 0 Å². The number of benzene rings is 3. The summed E-state index contributed by atoms with van der Waals surface area (Å²) >= 11 is 3.37. The van der Waals surface area contributed by atoms with Crippen molar-refractivity contribution in [2.45, 2.75) is 31.3 Å². The van der Waals surface area contributed by atoms with Crippen LogP contribution in [0.4, 0.5) is 11.4 Å². The zero-order valence-corrected chi connectivity index (χ0v) is 23.2. The third-order valence-corrected chi connectivity index (χ3v) is 8.04. The minimum absolute atomic E-state index is 0.0403. The van der Waals surface area contributed by atoms with E-state index in [4.69, 9.17) is 0 Å². The summed E-state index contributed by atoms with van der Waals surface area (Å²) < 4.78 is 29.0. The van der Waals surface area contributed by atoms with Gasteiger partial charge in [0.1, 0.15) is 12.6 Å². The van der Waals surface area contributed by atoms with Gasteiger partial charge in [-0.1, -0.05) is 52.3 Å². The van der Waals surface area contributed by atoms with E-state index in [9.17, 15) is 28.1 Å². The van der Waals surface area contributed by atoms with Crippen LogP contribution in [0.1, 0.15) is 19.4 Å². The van der Waals surface area contributed by atoms with Crippen LogP contribution in [-0.2, 0) is 26.2 Å². The predicted molar refractivity (Wildman–Crippen MR) is 147 cm³/mol. The van der Waals surface area contributed by atoms with Crippen LogP contribution in [0.25, 0.3) is 0 Å². The lowest BCUT2D eigenvalue weighted by molar-refractivity contribution is -0.384. The summed E-state index contributed by atoms with van der Waals surface area (Å²) in [5.74, 6) is -1.05. The zero-order chi connectivity index (χ0) is 27.9. The second kappa shape index (κ2) is 12.7. The molecule has 38 heavy (non-hydrogen) atoms. The maximum absolute atomic E-state index is 13.7. The van der Waals surface area contributed by atoms with Crippen LogP contribution in [0.5, 0.6) is 0 Å². The minimum atomic E-state index is -4.30. The number of non-ortho nitro benzene ring substituents is 1. The van der Waals surface area contributed by atoms with E-state index in [-0.39, 0.29) is 22.8 Å². The Hall–Kier alpha value is -3.77. The fourth-order valence-corrected chi connectivity index (χ4v) is 5.39. The Kier molecular flexibility index (Phi) is 9.59. The van der Waals surface area contributed by atoms with Crippen molar-refractivity contribution in [1.29, 1.82) is 0 Å². The Morgan fingerprint density at radius 3 is 2.29 bits per heavy atom. The predicted octanol–water partition coefficient (Wildman–Crippen LogP) is 4.11. The van der Waals surface area contributed by atoms with Gasteiger partial charge in [-0.3, -0.25) is 24.0 Å². The molecule has 0 fully saturated rings. The molecule has 2 amide bonds. The number of hydrogen-bond donors (Lipinski definition) is 1. The second-order valence-electron chi connectivity index (χ2n) is 8.32. The molecule has 200 valence electrons. The number of anilines is 1. The highest BCUT2D eigenvalue weighted by molar-refractivity contribution is 9.10.